The molecule has 12 heteroatoms. The third kappa shape index (κ3) is 6.00. The third-order valence-electron chi connectivity index (χ3n) is 5.49. The van der Waals surface area contributed by atoms with Crippen molar-refractivity contribution in [3.63, 3.8) is 0 Å². The van der Waals surface area contributed by atoms with Crippen molar-refractivity contribution in [2.24, 2.45) is 0 Å². The summed E-state index contributed by atoms with van der Waals surface area (Å²) in [4.78, 5) is 26.3. The molecular weight excluding hydrogens is 531 g/mol. The standard InChI is InChI=1S/C26H18ClF5N4O2/c1-35(23-14-22(26(30,31)32)34-36(23)19-4-2-3-16(27)13-19)24(37)12-15-5-10-20(21(29)11-15)25(38)33-18-8-6-17(28)7-9-18/h2-11,13-14H,12H2,1H3,(H,33,38). The van der Waals surface area contributed by atoms with Crippen molar-refractivity contribution in [1.82, 2.24) is 9.78 Å². The second-order valence-corrected chi connectivity index (χ2v) is 8.62. The average Bonchev–Trinajstić information content (AvgIpc) is 3.31. The normalized spacial score (nSPS) is 11.3. The molecule has 0 saturated carbocycles. The number of rotatable bonds is 6. The van der Waals surface area contributed by atoms with Crippen molar-refractivity contribution in [3.05, 3.63) is 106 Å². The molecule has 38 heavy (non-hydrogen) atoms. The van der Waals surface area contributed by atoms with Gasteiger partial charge in [-0.2, -0.15) is 18.3 Å². The van der Waals surface area contributed by atoms with Gasteiger partial charge in [-0.25, -0.2) is 13.5 Å². The Morgan fingerprint density at radius 1 is 1.00 bits per heavy atom. The molecule has 1 aromatic heterocycles. The second-order valence-electron chi connectivity index (χ2n) is 8.18. The minimum atomic E-state index is -4.77. The summed E-state index contributed by atoms with van der Waals surface area (Å²) in [5, 5.41) is 6.29. The Balaban J connectivity index is 1.55. The molecule has 0 atom stereocenters. The molecule has 1 N–H and O–H groups in total. The zero-order valence-electron chi connectivity index (χ0n) is 19.6. The maximum absolute atomic E-state index is 14.7. The van der Waals surface area contributed by atoms with Crippen LogP contribution in [0.25, 0.3) is 5.69 Å². The first-order valence-corrected chi connectivity index (χ1v) is 11.4. The lowest BCUT2D eigenvalue weighted by Gasteiger charge is -2.19. The zero-order valence-corrected chi connectivity index (χ0v) is 20.3. The highest BCUT2D eigenvalue weighted by Gasteiger charge is 2.36. The first kappa shape index (κ1) is 26.8. The van der Waals surface area contributed by atoms with Crippen LogP contribution in [0.15, 0.2) is 72.8 Å². The number of anilines is 2. The number of halogens is 6. The fraction of sp³-hybridized carbons (Fsp3) is 0.115. The van der Waals surface area contributed by atoms with Crippen LogP contribution >= 0.6 is 11.6 Å². The van der Waals surface area contributed by atoms with Crippen molar-refractivity contribution in [2.45, 2.75) is 12.6 Å². The fourth-order valence-electron chi connectivity index (χ4n) is 3.55. The lowest BCUT2D eigenvalue weighted by atomic mass is 10.1. The molecule has 4 aromatic rings. The number of amides is 2. The van der Waals surface area contributed by atoms with Gasteiger partial charge in [0.2, 0.25) is 5.91 Å². The van der Waals surface area contributed by atoms with Crippen LogP contribution in [0.4, 0.5) is 33.5 Å². The number of nitrogens with one attached hydrogen (secondary N) is 1. The van der Waals surface area contributed by atoms with E-state index < -0.39 is 35.3 Å². The summed E-state index contributed by atoms with van der Waals surface area (Å²) in [5.41, 5.74) is -0.888. The second kappa shape index (κ2) is 10.6. The van der Waals surface area contributed by atoms with Crippen molar-refractivity contribution < 1.29 is 31.5 Å². The SMILES string of the molecule is CN(C(=O)Cc1ccc(C(=O)Nc2ccc(F)cc2)c(F)c1)c1cc(C(F)(F)F)nn1-c1cccc(Cl)c1. The Kier molecular flexibility index (Phi) is 7.49. The van der Waals surface area contributed by atoms with E-state index >= 15 is 0 Å². The molecule has 0 aliphatic heterocycles. The number of nitrogens with zero attached hydrogens (tertiary/aromatic N) is 3. The number of benzene rings is 3. The van der Waals surface area contributed by atoms with Gasteiger partial charge in [0.15, 0.2) is 5.69 Å². The van der Waals surface area contributed by atoms with E-state index in [0.717, 1.165) is 33.8 Å². The van der Waals surface area contributed by atoms with Gasteiger partial charge in [-0.15, -0.1) is 0 Å². The number of hydrogen-bond acceptors (Lipinski definition) is 3. The van der Waals surface area contributed by atoms with E-state index in [0.29, 0.717) is 0 Å². The molecule has 2 amide bonds. The largest absolute Gasteiger partial charge is 0.435 e. The number of likely N-dealkylation sites (N-methyl/N-ethyl adjacent to an activating group) is 1. The lowest BCUT2D eigenvalue weighted by Crippen LogP contribution is -2.30. The molecule has 3 aromatic carbocycles. The molecule has 0 bridgehead atoms. The average molecular weight is 549 g/mol. The summed E-state index contributed by atoms with van der Waals surface area (Å²) in [6, 6.07) is 15.1. The van der Waals surface area contributed by atoms with Crippen molar-refractivity contribution in [3.8, 4) is 5.69 Å². The Labute approximate surface area is 218 Å². The minimum absolute atomic E-state index is 0.180. The summed E-state index contributed by atoms with van der Waals surface area (Å²) in [6.45, 7) is 0. The van der Waals surface area contributed by atoms with Gasteiger partial charge >= 0.3 is 6.18 Å². The number of hydrogen-bond donors (Lipinski definition) is 1. The Morgan fingerprint density at radius 2 is 1.71 bits per heavy atom. The molecule has 196 valence electrons. The zero-order chi connectivity index (χ0) is 27.6. The summed E-state index contributed by atoms with van der Waals surface area (Å²) in [5.74, 6) is -3.04. The predicted octanol–water partition coefficient (Wildman–Crippen LogP) is 6.28. The van der Waals surface area contributed by atoms with Gasteiger partial charge in [0.25, 0.3) is 5.91 Å². The minimum Gasteiger partial charge on any atom is -0.322 e. The number of carbonyl (C=O) groups is 2. The number of aromatic nitrogens is 2. The van der Waals surface area contributed by atoms with Gasteiger partial charge in [-0.3, -0.25) is 14.5 Å². The van der Waals surface area contributed by atoms with Gasteiger partial charge in [-0.05, 0) is 60.2 Å². The van der Waals surface area contributed by atoms with Gasteiger partial charge in [-0.1, -0.05) is 23.7 Å². The molecule has 0 fully saturated rings. The molecule has 0 aliphatic carbocycles. The van der Waals surface area contributed by atoms with Crippen LogP contribution in [-0.4, -0.2) is 28.6 Å². The molecular formula is C26H18ClF5N4O2. The van der Waals surface area contributed by atoms with Gasteiger partial charge in [0.1, 0.15) is 17.5 Å². The molecule has 0 saturated heterocycles. The van der Waals surface area contributed by atoms with Crippen molar-refractivity contribution in [1.29, 1.82) is 0 Å². The predicted molar refractivity (Wildman–Crippen MR) is 131 cm³/mol. The lowest BCUT2D eigenvalue weighted by molar-refractivity contribution is -0.141. The van der Waals surface area contributed by atoms with E-state index in [1.54, 1.807) is 0 Å². The molecule has 4 rings (SSSR count). The fourth-order valence-corrected chi connectivity index (χ4v) is 3.74. The van der Waals surface area contributed by atoms with E-state index in [9.17, 15) is 31.5 Å². The quantitative estimate of drug-likeness (QED) is 0.288. The van der Waals surface area contributed by atoms with E-state index in [2.05, 4.69) is 10.4 Å². The first-order chi connectivity index (χ1) is 17.9. The van der Waals surface area contributed by atoms with Crippen LogP contribution in [-0.2, 0) is 17.4 Å². The molecule has 0 aliphatic rings. The highest BCUT2D eigenvalue weighted by molar-refractivity contribution is 6.30. The maximum Gasteiger partial charge on any atom is 0.435 e. The Hall–Kier alpha value is -4.25. The molecule has 6 nitrogen and oxygen atoms in total. The van der Waals surface area contributed by atoms with Gasteiger partial charge in [0.05, 0.1) is 17.7 Å². The van der Waals surface area contributed by atoms with Crippen LogP contribution < -0.4 is 10.2 Å². The number of alkyl halides is 3. The van der Waals surface area contributed by atoms with E-state index in [1.807, 2.05) is 0 Å². The highest BCUT2D eigenvalue weighted by Crippen LogP contribution is 2.33. The molecule has 0 spiro atoms. The summed E-state index contributed by atoms with van der Waals surface area (Å²) in [6.07, 6.45) is -5.15. The highest BCUT2D eigenvalue weighted by atomic mass is 35.5. The topological polar surface area (TPSA) is 67.2 Å². The van der Waals surface area contributed by atoms with Crippen LogP contribution in [0.2, 0.25) is 5.02 Å². The van der Waals surface area contributed by atoms with Crippen LogP contribution in [0.5, 0.6) is 0 Å². The van der Waals surface area contributed by atoms with E-state index in [1.165, 1.54) is 55.6 Å². The first-order valence-electron chi connectivity index (χ1n) is 11.0. The smallest absolute Gasteiger partial charge is 0.322 e. The Morgan fingerprint density at radius 3 is 2.34 bits per heavy atom. The number of carbonyl (C=O) groups excluding carboxylic acids is 2. The van der Waals surface area contributed by atoms with Crippen molar-refractivity contribution >= 4 is 34.9 Å². The van der Waals surface area contributed by atoms with Crippen LogP contribution in [0.1, 0.15) is 21.6 Å². The monoisotopic (exact) mass is 548 g/mol. The molecule has 1 heterocycles. The summed E-state index contributed by atoms with van der Waals surface area (Å²) >= 11 is 5.97. The van der Waals surface area contributed by atoms with Crippen LogP contribution in [0.3, 0.4) is 0 Å². The summed E-state index contributed by atoms with van der Waals surface area (Å²) < 4.78 is 68.9. The van der Waals surface area contributed by atoms with Crippen molar-refractivity contribution in [2.75, 3.05) is 17.3 Å². The third-order valence-corrected chi connectivity index (χ3v) is 5.72. The van der Waals surface area contributed by atoms with Crippen LogP contribution in [0, 0.1) is 11.6 Å². The van der Waals surface area contributed by atoms with E-state index in [-0.39, 0.29) is 39.8 Å². The molecule has 0 radical (unpaired) electrons. The summed E-state index contributed by atoms with van der Waals surface area (Å²) in [7, 11) is 1.27. The van der Waals surface area contributed by atoms with E-state index in [4.69, 9.17) is 11.6 Å². The van der Waals surface area contributed by atoms with Gasteiger partial charge < -0.3 is 5.32 Å². The maximum atomic E-state index is 14.7. The van der Waals surface area contributed by atoms with Gasteiger partial charge in [0, 0.05) is 23.8 Å². The molecule has 0 unspecified atom stereocenters. The Bertz CT molecular complexity index is 1500.